The zero-order valence-corrected chi connectivity index (χ0v) is 51.3. The minimum Gasteiger partial charge on any atom is -0.507 e. The molecule has 29 heteroatoms. The van der Waals surface area contributed by atoms with Crippen molar-refractivity contribution in [3.8, 4) is 39.2 Å². The third kappa shape index (κ3) is 14.8. The van der Waals surface area contributed by atoms with Gasteiger partial charge in [-0.3, -0.25) is 28.4 Å². The van der Waals surface area contributed by atoms with Gasteiger partial charge < -0.3 is 60.4 Å². The number of piperazine rings is 2. The summed E-state index contributed by atoms with van der Waals surface area (Å²) in [5, 5.41) is 26.2. The van der Waals surface area contributed by atoms with Crippen LogP contribution in [-0.2, 0) is 32.1 Å². The number of para-hydroxylation sites is 1. The molecule has 4 aliphatic heterocycles. The van der Waals surface area contributed by atoms with Crippen LogP contribution in [-0.4, -0.2) is 176 Å². The van der Waals surface area contributed by atoms with Crippen LogP contribution in [0, 0.1) is 12.8 Å². The topological polar surface area (TPSA) is 333 Å². The van der Waals surface area contributed by atoms with Crippen molar-refractivity contribution in [1.82, 2.24) is 45.3 Å². The number of likely N-dealkylation sites (tertiary alicyclic amines) is 1. The lowest BCUT2D eigenvalue weighted by molar-refractivity contribution is -0.141. The molecule has 4 aliphatic rings. The first-order chi connectivity index (χ1) is 41.2. The second-order valence-corrected chi connectivity index (χ2v) is 26.3. The smallest absolute Gasteiger partial charge is 0.481 e. The standard InChI is InChI=1S/C57H75N13O13P2S/c1-35(2)53(57(73)69-33-44(82-85(76,77)83-84(74,75)80-23-17-58)27-48(69)56(72)62-37(4)39-10-12-40(13-11-39)54-38(5)61-34-86-54)50-29-52(65-81-50)79-24-21-66-19-20-67(36(3)30-66)22-25-78-51-26-41(16-18-60-51)70-42-14-15-43(70)32-68(31-42)47-28-46(63-64-55(47)59)45-8-6-7-9-49(45)71/h6-13,16,18,26,28-29,34-37,42-44,48,53,71H,14-15,17,19-25,27,30-33,58H2,1-5H3,(H2,59,64)(H,62,72)(H,74,75)(H,76,77)/t36-,37+,42?,43?,44-,48+,53?/m1/s1. The number of aromatic hydroxyl groups is 1. The Hall–Kier alpha value is -6.61. The predicted molar refractivity (Wildman–Crippen MR) is 321 cm³/mol. The van der Waals surface area contributed by atoms with Crippen LogP contribution < -0.4 is 36.1 Å². The van der Waals surface area contributed by atoms with Crippen molar-refractivity contribution in [1.29, 1.82) is 0 Å². The third-order valence-corrected chi connectivity index (χ3v) is 19.9. The number of phenols is 1. The molecule has 4 saturated heterocycles. The number of phosphoric ester groups is 2. The van der Waals surface area contributed by atoms with Gasteiger partial charge in [0.15, 0.2) is 11.6 Å². The molecule has 6 aromatic rings. The summed E-state index contributed by atoms with van der Waals surface area (Å²) in [6.45, 7) is 14.6. The summed E-state index contributed by atoms with van der Waals surface area (Å²) >= 11 is 1.52. The summed E-state index contributed by atoms with van der Waals surface area (Å²) in [6.07, 6.45) is 2.32. The number of hydrogen-bond donors (Lipinski definition) is 6. The number of nitrogens with one attached hydrogen (secondary N) is 1. The molecule has 0 saturated carbocycles. The molecule has 2 bridgehead atoms. The van der Waals surface area contributed by atoms with Crippen molar-refractivity contribution in [3.05, 3.63) is 102 Å². The maximum absolute atomic E-state index is 14.8. The number of nitrogens with zero attached hydrogens (tertiary/aromatic N) is 10. The fourth-order valence-corrected chi connectivity index (χ4v) is 15.0. The average Bonchev–Trinajstić information content (AvgIpc) is 2.13. The lowest BCUT2D eigenvalue weighted by Crippen LogP contribution is -2.54. The minimum absolute atomic E-state index is 0.137. The molecule has 4 aromatic heterocycles. The zero-order chi connectivity index (χ0) is 60.9. The van der Waals surface area contributed by atoms with Crippen LogP contribution in [0.5, 0.6) is 17.5 Å². The Morgan fingerprint density at radius 3 is 2.34 bits per heavy atom. The van der Waals surface area contributed by atoms with E-state index in [9.17, 15) is 33.6 Å². The average molecular weight is 1240 g/mol. The number of amides is 2. The van der Waals surface area contributed by atoms with Gasteiger partial charge in [0.05, 0.1) is 46.2 Å². The van der Waals surface area contributed by atoms with E-state index in [4.69, 9.17) is 30.0 Å². The predicted octanol–water partition coefficient (Wildman–Crippen LogP) is 6.36. The number of carbonyl (C=O) groups excluding carboxylic acids is 2. The molecule has 2 aromatic carbocycles. The number of pyridine rings is 1. The van der Waals surface area contributed by atoms with Crippen LogP contribution in [0.25, 0.3) is 21.7 Å². The number of hydrogen-bond acceptors (Lipinski definition) is 23. The number of phosphoric acid groups is 2. The second kappa shape index (κ2) is 27.2. The second-order valence-electron chi connectivity index (χ2n) is 22.5. The number of fused-ring (bicyclic) bond motifs is 2. The number of nitrogen functional groups attached to an aromatic ring is 1. The maximum atomic E-state index is 14.8. The summed E-state index contributed by atoms with van der Waals surface area (Å²) in [5.41, 5.74) is 19.2. The first kappa shape index (κ1) is 62.4. The van der Waals surface area contributed by atoms with Crippen LogP contribution in [0.3, 0.4) is 0 Å². The molecule has 8 heterocycles. The highest BCUT2D eigenvalue weighted by Crippen LogP contribution is 2.61. The van der Waals surface area contributed by atoms with Gasteiger partial charge in [0.1, 0.15) is 30.9 Å². The molecule has 0 radical (unpaired) electrons. The molecule has 0 aliphatic carbocycles. The van der Waals surface area contributed by atoms with Gasteiger partial charge >= 0.3 is 15.6 Å². The van der Waals surface area contributed by atoms with Gasteiger partial charge in [0.25, 0.3) is 5.88 Å². The highest BCUT2D eigenvalue weighted by molar-refractivity contribution is 7.61. The number of carbonyl (C=O) groups is 2. The van der Waals surface area contributed by atoms with Gasteiger partial charge in [0.2, 0.25) is 17.7 Å². The maximum Gasteiger partial charge on any atom is 0.481 e. The lowest BCUT2D eigenvalue weighted by Gasteiger charge is -2.43. The van der Waals surface area contributed by atoms with E-state index in [2.05, 4.69) is 66.0 Å². The fraction of sp³-hybridized carbons (Fsp3) is 0.491. The normalized spacial score (nSPS) is 22.2. The van der Waals surface area contributed by atoms with Gasteiger partial charge in [-0.05, 0) is 80.1 Å². The largest absolute Gasteiger partial charge is 0.507 e. The molecule has 9 atom stereocenters. The number of aryl methyl sites for hydroxylation is 1. The highest BCUT2D eigenvalue weighted by atomic mass is 32.1. The Bertz CT molecular complexity index is 3400. The summed E-state index contributed by atoms with van der Waals surface area (Å²) in [5.74, 6) is -1.05. The highest BCUT2D eigenvalue weighted by Gasteiger charge is 2.48. The van der Waals surface area contributed by atoms with Crippen molar-refractivity contribution in [2.24, 2.45) is 11.7 Å². The van der Waals surface area contributed by atoms with Crippen molar-refractivity contribution in [2.45, 2.75) is 96.1 Å². The summed E-state index contributed by atoms with van der Waals surface area (Å²) in [6, 6.07) is 21.3. The first-order valence-corrected chi connectivity index (χ1v) is 32.7. The third-order valence-electron chi connectivity index (χ3n) is 16.2. The van der Waals surface area contributed by atoms with Crippen LogP contribution in [0.15, 0.2) is 89.0 Å². The number of rotatable bonds is 25. The molecular weight excluding hydrogens is 1170 g/mol. The molecule has 8 N–H and O–H groups in total. The van der Waals surface area contributed by atoms with E-state index in [0.29, 0.717) is 36.1 Å². The molecule has 462 valence electrons. The minimum atomic E-state index is -5.31. The van der Waals surface area contributed by atoms with Crippen molar-refractivity contribution in [3.63, 3.8) is 0 Å². The SMILES string of the molecule is Cc1ncsc1-c1ccc([C@H](C)NC(=O)[C@@H]2C[C@@H](OP(=O)(O)OP(=O)(O)OCCN)CN2C(=O)C(c2cc(OCCN3CCN(CCOc4cc(N5C6CCC5CN(c5cc(-c7ccccc7O)nnc5N)C6)ccn4)[C@H](C)C3)no2)C(C)C)cc1. The van der Waals surface area contributed by atoms with Crippen molar-refractivity contribution >= 4 is 56.0 Å². The molecular formula is C57H75N13O13P2S. The number of phenolic OH excluding ortho intramolecular Hbond substituents is 1. The Balaban J connectivity index is 0.705. The number of ether oxygens (including phenoxy) is 2. The molecule has 10 rings (SSSR count). The summed E-state index contributed by atoms with van der Waals surface area (Å²) < 4.78 is 58.2. The van der Waals surface area contributed by atoms with E-state index in [0.717, 1.165) is 85.2 Å². The van der Waals surface area contributed by atoms with Crippen LogP contribution in [0.2, 0.25) is 0 Å². The van der Waals surface area contributed by atoms with E-state index >= 15 is 0 Å². The summed E-state index contributed by atoms with van der Waals surface area (Å²) in [7, 11) is -10.4. The number of nitrogens with two attached hydrogens (primary N) is 2. The Morgan fingerprint density at radius 2 is 1.63 bits per heavy atom. The van der Waals surface area contributed by atoms with E-state index < -0.39 is 64.1 Å². The number of thiazole rings is 1. The van der Waals surface area contributed by atoms with E-state index in [1.807, 2.05) is 75.4 Å². The molecule has 2 amide bonds. The monoisotopic (exact) mass is 1240 g/mol. The molecule has 26 nitrogen and oxygen atoms in total. The quantitative estimate of drug-likeness (QED) is 0.0339. The Morgan fingerprint density at radius 1 is 0.884 bits per heavy atom. The summed E-state index contributed by atoms with van der Waals surface area (Å²) in [4.78, 5) is 70.3. The van der Waals surface area contributed by atoms with Crippen molar-refractivity contribution in [2.75, 3.05) is 94.3 Å². The van der Waals surface area contributed by atoms with Gasteiger partial charge in [-0.15, -0.1) is 21.5 Å². The van der Waals surface area contributed by atoms with Crippen LogP contribution in [0.4, 0.5) is 17.2 Å². The number of benzene rings is 2. The van der Waals surface area contributed by atoms with E-state index in [1.54, 1.807) is 36.8 Å². The van der Waals surface area contributed by atoms with E-state index in [1.165, 1.54) is 16.2 Å². The van der Waals surface area contributed by atoms with Gasteiger partial charge in [-0.1, -0.05) is 50.2 Å². The molecule has 0 spiro atoms. The molecule has 86 heavy (non-hydrogen) atoms. The number of anilines is 3. The van der Waals surface area contributed by atoms with E-state index in [-0.39, 0.29) is 61.6 Å². The van der Waals surface area contributed by atoms with Crippen molar-refractivity contribution < 1.29 is 61.0 Å². The zero-order valence-electron chi connectivity index (χ0n) is 48.7. The molecule has 5 unspecified atom stereocenters. The first-order valence-electron chi connectivity index (χ1n) is 28.8. The van der Waals surface area contributed by atoms with Gasteiger partial charge in [0, 0.05) is 113 Å². The van der Waals surface area contributed by atoms with Gasteiger partial charge in [-0.25, -0.2) is 19.1 Å². The molecule has 4 fully saturated rings. The number of aromatic nitrogens is 5. The van der Waals surface area contributed by atoms with Gasteiger partial charge in [-0.2, -0.15) is 4.31 Å². The Labute approximate surface area is 502 Å². The van der Waals surface area contributed by atoms with Crippen LogP contribution in [0.1, 0.15) is 75.9 Å². The van der Waals surface area contributed by atoms with Crippen LogP contribution >= 0.6 is 27.0 Å². The fourth-order valence-electron chi connectivity index (χ4n) is 12.0. The lowest BCUT2D eigenvalue weighted by atomic mass is 9.91. The Kier molecular flexibility index (Phi) is 19.7.